The number of amides is 1. The van der Waals surface area contributed by atoms with Crippen molar-refractivity contribution in [3.63, 3.8) is 0 Å². The quantitative estimate of drug-likeness (QED) is 0.533. The summed E-state index contributed by atoms with van der Waals surface area (Å²) < 4.78 is 51.8. The third-order valence-electron chi connectivity index (χ3n) is 6.67. The minimum absolute atomic E-state index is 0.00664. The standard InChI is InChI=1S/C25H27F3N4O4/c1-35-21-11-17(10-16-2-5-31(15-25(26,27)28)24(34)23(16)21)20-13-29-22-12-18(3-7-32(20)22)30-6-4-19(14-30)36-9-8-33/h3,7,10-13,19,33H,2,4-6,8-9,14-15H2,1H3. The van der Waals surface area contributed by atoms with E-state index in [1.54, 1.807) is 12.3 Å². The van der Waals surface area contributed by atoms with Crippen LogP contribution in [0.3, 0.4) is 0 Å². The van der Waals surface area contributed by atoms with Gasteiger partial charge in [0.25, 0.3) is 5.91 Å². The molecule has 2 aromatic heterocycles. The van der Waals surface area contributed by atoms with Gasteiger partial charge >= 0.3 is 6.18 Å². The van der Waals surface area contributed by atoms with Crippen molar-refractivity contribution in [1.82, 2.24) is 14.3 Å². The lowest BCUT2D eigenvalue weighted by atomic mass is 9.94. The molecule has 0 bridgehead atoms. The zero-order valence-corrected chi connectivity index (χ0v) is 19.8. The average molecular weight is 505 g/mol. The highest BCUT2D eigenvalue weighted by atomic mass is 19.4. The van der Waals surface area contributed by atoms with Crippen LogP contribution in [0.25, 0.3) is 16.9 Å². The van der Waals surface area contributed by atoms with Crippen LogP contribution in [0.4, 0.5) is 18.9 Å². The van der Waals surface area contributed by atoms with Crippen molar-refractivity contribution >= 4 is 17.2 Å². The highest BCUT2D eigenvalue weighted by molar-refractivity contribution is 6.00. The Hall–Kier alpha value is -3.31. The van der Waals surface area contributed by atoms with Crippen molar-refractivity contribution < 1.29 is 32.5 Å². The van der Waals surface area contributed by atoms with E-state index in [0.29, 0.717) is 18.6 Å². The van der Waals surface area contributed by atoms with Crippen LogP contribution in [0.1, 0.15) is 22.3 Å². The SMILES string of the molecule is COc1cc(-c2cnc3cc(N4CCC(OCCO)C4)ccn23)cc2c1C(=O)N(CC(F)(F)F)CC2. The first-order valence-electron chi connectivity index (χ1n) is 11.8. The number of hydrogen-bond acceptors (Lipinski definition) is 6. The van der Waals surface area contributed by atoms with Crippen LogP contribution >= 0.6 is 0 Å². The second kappa shape index (κ2) is 9.62. The Morgan fingerprint density at radius 2 is 2.06 bits per heavy atom. The van der Waals surface area contributed by atoms with Gasteiger partial charge in [-0.2, -0.15) is 13.2 Å². The lowest BCUT2D eigenvalue weighted by Crippen LogP contribution is -2.43. The van der Waals surface area contributed by atoms with Crippen molar-refractivity contribution in [3.8, 4) is 17.0 Å². The number of carbonyl (C=O) groups is 1. The van der Waals surface area contributed by atoms with Crippen LogP contribution in [0.15, 0.2) is 36.7 Å². The summed E-state index contributed by atoms with van der Waals surface area (Å²) in [5, 5.41) is 8.97. The molecule has 11 heteroatoms. The molecule has 1 unspecified atom stereocenters. The number of ether oxygens (including phenoxy) is 2. The summed E-state index contributed by atoms with van der Waals surface area (Å²) in [6.07, 6.45) is 0.476. The molecule has 8 nitrogen and oxygen atoms in total. The summed E-state index contributed by atoms with van der Waals surface area (Å²) in [5.41, 5.74) is 4.15. The van der Waals surface area contributed by atoms with E-state index in [0.717, 1.165) is 47.0 Å². The van der Waals surface area contributed by atoms with Gasteiger partial charge in [0, 0.05) is 43.1 Å². The second-order valence-corrected chi connectivity index (χ2v) is 9.01. The highest BCUT2D eigenvalue weighted by Gasteiger charge is 2.37. The molecule has 1 amide bonds. The number of carbonyl (C=O) groups excluding carboxylic acids is 1. The fourth-order valence-electron chi connectivity index (χ4n) is 5.00. The number of methoxy groups -OCH3 is 1. The summed E-state index contributed by atoms with van der Waals surface area (Å²) in [6.45, 7) is 0.640. The summed E-state index contributed by atoms with van der Waals surface area (Å²) >= 11 is 0. The first kappa shape index (κ1) is 24.4. The van der Waals surface area contributed by atoms with Crippen molar-refractivity contribution in [1.29, 1.82) is 0 Å². The maximum atomic E-state index is 12.9. The number of aliphatic hydroxyl groups is 1. The Kier molecular flexibility index (Phi) is 6.52. The molecule has 1 N–H and O–H groups in total. The van der Waals surface area contributed by atoms with Gasteiger partial charge in [0.05, 0.1) is 43.9 Å². The van der Waals surface area contributed by atoms with Gasteiger partial charge in [0.15, 0.2) is 0 Å². The molecule has 2 aliphatic heterocycles. The molecule has 0 spiro atoms. The van der Waals surface area contributed by atoms with Crippen molar-refractivity contribution in [2.24, 2.45) is 0 Å². The Bertz CT molecular complexity index is 1260. The summed E-state index contributed by atoms with van der Waals surface area (Å²) in [4.78, 5) is 20.4. The van der Waals surface area contributed by atoms with Crippen LogP contribution in [0.5, 0.6) is 5.75 Å². The zero-order chi connectivity index (χ0) is 25.4. The topological polar surface area (TPSA) is 79.5 Å². The highest BCUT2D eigenvalue weighted by Crippen LogP contribution is 2.35. The predicted octanol–water partition coefficient (Wildman–Crippen LogP) is 3.16. The Labute approximate surface area is 205 Å². The third-order valence-corrected chi connectivity index (χ3v) is 6.67. The van der Waals surface area contributed by atoms with E-state index >= 15 is 0 Å². The largest absolute Gasteiger partial charge is 0.496 e. The summed E-state index contributed by atoms with van der Waals surface area (Å²) in [6, 6.07) is 7.50. The van der Waals surface area contributed by atoms with Gasteiger partial charge in [0.1, 0.15) is 17.9 Å². The van der Waals surface area contributed by atoms with Crippen molar-refractivity contribution in [2.45, 2.75) is 25.1 Å². The van der Waals surface area contributed by atoms with E-state index in [-0.39, 0.29) is 30.6 Å². The number of pyridine rings is 1. The lowest BCUT2D eigenvalue weighted by molar-refractivity contribution is -0.141. The second-order valence-electron chi connectivity index (χ2n) is 9.01. The number of anilines is 1. The molecule has 1 aromatic carbocycles. The van der Waals surface area contributed by atoms with E-state index in [2.05, 4.69) is 9.88 Å². The van der Waals surface area contributed by atoms with Gasteiger partial charge < -0.3 is 24.4 Å². The molecule has 1 fully saturated rings. The van der Waals surface area contributed by atoms with Crippen LogP contribution in [0, 0.1) is 0 Å². The third kappa shape index (κ3) is 4.72. The molecule has 0 saturated carbocycles. The Morgan fingerprint density at radius 1 is 1.22 bits per heavy atom. The first-order chi connectivity index (χ1) is 17.3. The number of nitrogens with zero attached hydrogens (tertiary/aromatic N) is 4. The van der Waals surface area contributed by atoms with Gasteiger partial charge in [0.2, 0.25) is 0 Å². The number of fused-ring (bicyclic) bond motifs is 2. The van der Waals surface area contributed by atoms with Gasteiger partial charge in [-0.15, -0.1) is 0 Å². The average Bonchev–Trinajstić information content (AvgIpc) is 3.50. The fourth-order valence-corrected chi connectivity index (χ4v) is 5.00. The van der Waals surface area contributed by atoms with Crippen LogP contribution in [-0.4, -0.2) is 84.1 Å². The molecule has 1 atom stereocenters. The number of alkyl halides is 3. The molecule has 3 aromatic rings. The lowest BCUT2D eigenvalue weighted by Gasteiger charge is -2.30. The monoisotopic (exact) mass is 504 g/mol. The molecule has 192 valence electrons. The Balaban J connectivity index is 1.42. The minimum Gasteiger partial charge on any atom is -0.496 e. The number of benzene rings is 1. The molecular formula is C25H27F3N4O4. The summed E-state index contributed by atoms with van der Waals surface area (Å²) in [5.74, 6) is -0.427. The zero-order valence-electron chi connectivity index (χ0n) is 19.8. The molecule has 2 aliphatic rings. The van der Waals surface area contributed by atoms with Crippen LogP contribution in [-0.2, 0) is 11.2 Å². The van der Waals surface area contributed by atoms with Gasteiger partial charge in [-0.25, -0.2) is 4.98 Å². The molecule has 0 aliphatic carbocycles. The number of rotatable bonds is 7. The van der Waals surface area contributed by atoms with E-state index < -0.39 is 18.6 Å². The van der Waals surface area contributed by atoms with Gasteiger partial charge in [-0.05, 0) is 36.6 Å². The van der Waals surface area contributed by atoms with Crippen LogP contribution in [0.2, 0.25) is 0 Å². The molecule has 0 radical (unpaired) electrons. The molecule has 1 saturated heterocycles. The van der Waals surface area contributed by atoms with Crippen molar-refractivity contribution in [3.05, 3.63) is 47.8 Å². The number of hydrogen-bond donors (Lipinski definition) is 1. The summed E-state index contributed by atoms with van der Waals surface area (Å²) in [7, 11) is 1.41. The van der Waals surface area contributed by atoms with Gasteiger partial charge in [-0.3, -0.25) is 9.20 Å². The normalized spacial score (nSPS) is 18.2. The van der Waals surface area contributed by atoms with E-state index in [1.165, 1.54) is 7.11 Å². The fraction of sp³-hybridized carbons (Fsp3) is 0.440. The first-order valence-corrected chi connectivity index (χ1v) is 11.8. The molecular weight excluding hydrogens is 477 g/mol. The molecule has 4 heterocycles. The number of imidazole rings is 1. The molecule has 36 heavy (non-hydrogen) atoms. The van der Waals surface area contributed by atoms with E-state index in [1.807, 2.05) is 28.8 Å². The predicted molar refractivity (Wildman–Crippen MR) is 126 cm³/mol. The van der Waals surface area contributed by atoms with E-state index in [4.69, 9.17) is 14.6 Å². The maximum Gasteiger partial charge on any atom is 0.406 e. The maximum absolute atomic E-state index is 12.9. The number of halogens is 3. The van der Waals surface area contributed by atoms with Crippen molar-refractivity contribution in [2.75, 3.05) is 51.4 Å². The molecule has 5 rings (SSSR count). The van der Waals surface area contributed by atoms with Gasteiger partial charge in [-0.1, -0.05) is 0 Å². The van der Waals surface area contributed by atoms with E-state index in [9.17, 15) is 18.0 Å². The number of aliphatic hydroxyl groups excluding tert-OH is 1. The Morgan fingerprint density at radius 3 is 2.81 bits per heavy atom. The van der Waals surface area contributed by atoms with Crippen LogP contribution < -0.4 is 9.64 Å². The number of aromatic nitrogens is 2. The minimum atomic E-state index is -4.46. The smallest absolute Gasteiger partial charge is 0.406 e.